The average Bonchev–Trinajstić information content (AvgIpc) is 3.15. The molecule has 0 radical (unpaired) electrons. The van der Waals surface area contributed by atoms with Gasteiger partial charge < -0.3 is 14.6 Å². The summed E-state index contributed by atoms with van der Waals surface area (Å²) < 4.78 is 105. The van der Waals surface area contributed by atoms with Crippen molar-refractivity contribution in [3.63, 3.8) is 0 Å². The monoisotopic (exact) mass is 296 g/mol. The van der Waals surface area contributed by atoms with E-state index in [1.54, 1.807) is 0 Å². The predicted octanol–water partition coefficient (Wildman–Crippen LogP) is 2.95. The molecule has 1 aromatic carbocycles. The fourth-order valence-corrected chi connectivity index (χ4v) is 2.25. The molecule has 2 bridgehead atoms. The van der Waals surface area contributed by atoms with Crippen LogP contribution in [0.25, 0.3) is 10.9 Å². The third-order valence-electron chi connectivity index (χ3n) is 3.37. The molecule has 0 spiro atoms. The van der Waals surface area contributed by atoms with E-state index in [1.165, 1.54) is 18.2 Å². The maximum absolute atomic E-state index is 13.0. The number of nitrogens with zero attached hydrogens (tertiary/aromatic N) is 1. The summed E-state index contributed by atoms with van der Waals surface area (Å²) in [5.74, 6) is -1.41. The Morgan fingerprint density at radius 2 is 2.24 bits per heavy atom. The first-order valence-electron chi connectivity index (χ1n) is 12.3. The number of ether oxygens (including phenoxy) is 1. The highest BCUT2D eigenvalue weighted by molar-refractivity contribution is 6.04. The largest absolute Gasteiger partial charge is 0.459 e. The molecule has 0 aliphatic carbocycles. The number of hydrogen-bond donors (Lipinski definition) is 1. The minimum atomic E-state index is -3.70. The van der Waals surface area contributed by atoms with E-state index in [2.05, 4.69) is 4.98 Å². The summed E-state index contributed by atoms with van der Waals surface area (Å²) in [6.07, 6.45) is -16.8. The van der Waals surface area contributed by atoms with Gasteiger partial charge in [-0.1, -0.05) is 18.2 Å². The van der Waals surface area contributed by atoms with E-state index in [0.29, 0.717) is 10.4 Å². The molecule has 2 fully saturated rings. The SMILES string of the molecule is [2H]c1ccc2[nH]cc(C(=O)OC3([2H])C([2H])([2H])[C@]4([2H])N(C)[C@]([2H])(C3([2H])[2H])C([2H])([2H])C4([2H])[2H])c2c1. The Morgan fingerprint density at radius 1 is 1.48 bits per heavy atom. The minimum Gasteiger partial charge on any atom is -0.459 e. The van der Waals surface area contributed by atoms with Crippen LogP contribution in [-0.2, 0) is 4.74 Å². The van der Waals surface area contributed by atoms with Crippen LogP contribution in [0.4, 0.5) is 0 Å². The molecule has 21 heavy (non-hydrogen) atoms. The van der Waals surface area contributed by atoms with Gasteiger partial charge in [0.05, 0.1) is 8.30 Å². The van der Waals surface area contributed by atoms with Crippen molar-refractivity contribution >= 4 is 16.9 Å². The fraction of sp³-hybridized carbons (Fsp3) is 0.471. The van der Waals surface area contributed by atoms with Gasteiger partial charge in [0.15, 0.2) is 0 Å². The summed E-state index contributed by atoms with van der Waals surface area (Å²) in [5, 5.41) is 0.167. The van der Waals surface area contributed by atoms with E-state index in [4.69, 9.17) is 21.2 Å². The number of para-hydroxylation sites is 1. The molecule has 2 saturated heterocycles. The van der Waals surface area contributed by atoms with E-state index >= 15 is 0 Å². The van der Waals surface area contributed by atoms with Crippen LogP contribution in [0, 0.1) is 0 Å². The second-order valence-corrected chi connectivity index (χ2v) is 4.65. The molecule has 2 aliphatic rings. The Balaban J connectivity index is 1.93. The minimum absolute atomic E-state index is 0.0244. The summed E-state index contributed by atoms with van der Waals surface area (Å²) in [6, 6.07) is -2.39. The van der Waals surface area contributed by atoms with E-state index in [-0.39, 0.29) is 17.0 Å². The zero-order valence-electron chi connectivity index (χ0n) is 23.1. The standard InChI is InChI=1S/C17H20N2O2/c1-19-11-6-7-12(19)9-13(8-11)21-17(20)15-10-18-16-5-3-2-4-14(15)16/h2-5,10-13,18H,6-9H2,1H3/t11-,12+,13?/i2D,6D2,7D2,8D2,9D2,11D,12D,13D. The Morgan fingerprint density at radius 3 is 3.00 bits per heavy atom. The van der Waals surface area contributed by atoms with Gasteiger partial charge in [0.1, 0.15) is 6.08 Å². The van der Waals surface area contributed by atoms with E-state index in [9.17, 15) is 4.79 Å². The third kappa shape index (κ3) is 2.14. The molecule has 2 aromatic rings. The van der Waals surface area contributed by atoms with Gasteiger partial charge in [-0.3, -0.25) is 0 Å². The van der Waals surface area contributed by atoms with Crippen LogP contribution in [0.1, 0.15) is 52.3 Å². The van der Waals surface area contributed by atoms with Crippen molar-refractivity contribution in [1.82, 2.24) is 9.88 Å². The van der Waals surface area contributed by atoms with Crippen molar-refractivity contribution in [2.75, 3.05) is 7.05 Å². The summed E-state index contributed by atoms with van der Waals surface area (Å²) in [7, 11) is 0.842. The lowest BCUT2D eigenvalue weighted by Crippen LogP contribution is -2.43. The Labute approximate surface area is 140 Å². The summed E-state index contributed by atoms with van der Waals surface area (Å²) >= 11 is 0. The van der Waals surface area contributed by atoms with Crippen molar-refractivity contribution in [2.24, 2.45) is 0 Å². The number of aromatic amines is 1. The number of benzene rings is 1. The third-order valence-corrected chi connectivity index (χ3v) is 3.37. The van der Waals surface area contributed by atoms with Crippen molar-refractivity contribution in [3.05, 3.63) is 36.0 Å². The number of nitrogens with one attached hydrogen (secondary N) is 1. The first kappa shape index (κ1) is 5.43. The van der Waals surface area contributed by atoms with Crippen LogP contribution in [0.3, 0.4) is 0 Å². The summed E-state index contributed by atoms with van der Waals surface area (Å²) in [5.41, 5.74) is 0.126. The number of esters is 1. The first-order valence-corrected chi connectivity index (χ1v) is 6.32. The van der Waals surface area contributed by atoms with Crippen LogP contribution in [0.5, 0.6) is 0 Å². The van der Waals surface area contributed by atoms with Crippen molar-refractivity contribution in [3.8, 4) is 0 Å². The van der Waals surface area contributed by atoms with Crippen molar-refractivity contribution in [2.45, 2.75) is 43.6 Å². The number of carbonyl (C=O) groups excluding carboxylic acids is 1. The number of rotatable bonds is 2. The zero-order valence-corrected chi connectivity index (χ0v) is 11.1. The number of aromatic nitrogens is 1. The number of H-pyrrole nitrogens is 1. The van der Waals surface area contributed by atoms with E-state index in [1.807, 2.05) is 0 Å². The molecule has 1 N–H and O–H groups in total. The molecule has 4 heteroatoms. The van der Waals surface area contributed by atoms with E-state index < -0.39 is 49.6 Å². The second kappa shape index (κ2) is 4.88. The van der Waals surface area contributed by atoms with Gasteiger partial charge >= 0.3 is 5.97 Å². The maximum atomic E-state index is 13.0. The lowest BCUT2D eigenvalue weighted by molar-refractivity contribution is -0.000258. The molecule has 0 amide bonds. The van der Waals surface area contributed by atoms with Crippen LogP contribution >= 0.6 is 0 Å². The van der Waals surface area contributed by atoms with E-state index in [0.717, 1.165) is 13.2 Å². The molecule has 4 rings (SSSR count). The van der Waals surface area contributed by atoms with Crippen LogP contribution < -0.4 is 0 Å². The molecule has 0 saturated carbocycles. The molecule has 110 valence electrons. The predicted molar refractivity (Wildman–Crippen MR) is 81.3 cm³/mol. The molecule has 3 atom stereocenters. The second-order valence-electron chi connectivity index (χ2n) is 4.65. The Kier molecular flexibility index (Phi) is 1.26. The smallest absolute Gasteiger partial charge is 0.340 e. The highest BCUT2D eigenvalue weighted by atomic mass is 16.5. The molecular weight excluding hydrogens is 264 g/mol. The lowest BCUT2D eigenvalue weighted by Gasteiger charge is -2.35. The first-order chi connectivity index (χ1) is 14.8. The van der Waals surface area contributed by atoms with Gasteiger partial charge in [-0.05, 0) is 25.9 Å². The molecule has 1 aromatic heterocycles. The normalized spacial score (nSPS) is 57.4. The highest BCUT2D eigenvalue weighted by Crippen LogP contribution is 2.35. The average molecular weight is 296 g/mol. The lowest BCUT2D eigenvalue weighted by atomic mass is 10.0. The van der Waals surface area contributed by atoms with Gasteiger partial charge in [-0.25, -0.2) is 4.79 Å². The van der Waals surface area contributed by atoms with Crippen LogP contribution in [-0.4, -0.2) is 41.0 Å². The zero-order chi connectivity index (χ0) is 25.2. The maximum Gasteiger partial charge on any atom is 0.340 e. The van der Waals surface area contributed by atoms with Crippen molar-refractivity contribution < 1.29 is 26.0 Å². The van der Waals surface area contributed by atoms with Gasteiger partial charge in [0.25, 0.3) is 0 Å². The number of hydrogen-bond acceptors (Lipinski definition) is 3. The highest BCUT2D eigenvalue weighted by Gasteiger charge is 2.40. The molecular formula is C17H20N2O2. The number of carbonyl (C=O) groups is 1. The summed E-state index contributed by atoms with van der Waals surface area (Å²) in [4.78, 5) is 16.1. The summed E-state index contributed by atoms with van der Waals surface area (Å²) in [6.45, 7) is 0. The number of fused-ring (bicyclic) bond motifs is 3. The Hall–Kier alpha value is -1.81. The molecule has 2 aliphatic heterocycles. The van der Waals surface area contributed by atoms with Gasteiger partial charge in [-0.2, -0.15) is 0 Å². The van der Waals surface area contributed by atoms with Crippen LogP contribution in [0.2, 0.25) is 0 Å². The van der Waals surface area contributed by atoms with Gasteiger partial charge in [0.2, 0.25) is 0 Å². The number of piperidine rings is 1. The molecule has 1 unspecified atom stereocenters. The van der Waals surface area contributed by atoms with Crippen molar-refractivity contribution in [1.29, 1.82) is 0 Å². The Bertz CT molecular complexity index is 1140. The topological polar surface area (TPSA) is 45.3 Å². The molecule has 3 heterocycles. The van der Waals surface area contributed by atoms with Gasteiger partial charge in [0, 0.05) is 55.6 Å². The fourth-order valence-electron chi connectivity index (χ4n) is 2.25. The molecule has 4 nitrogen and oxygen atoms in total. The van der Waals surface area contributed by atoms with Crippen LogP contribution in [0.15, 0.2) is 30.4 Å². The van der Waals surface area contributed by atoms with Gasteiger partial charge in [-0.15, -0.1) is 0 Å². The quantitative estimate of drug-likeness (QED) is 0.867.